The van der Waals surface area contributed by atoms with Gasteiger partial charge in [-0.15, -0.1) is 0 Å². The zero-order valence-electron chi connectivity index (χ0n) is 34.5. The van der Waals surface area contributed by atoms with Crippen LogP contribution in [0.2, 0.25) is 0 Å². The lowest BCUT2D eigenvalue weighted by Crippen LogP contribution is -2.45. The van der Waals surface area contributed by atoms with E-state index in [1.165, 1.54) is 116 Å². The second kappa shape index (κ2) is 35.4. The molecule has 0 radical (unpaired) electrons. The molecule has 0 spiro atoms. The number of nitrogens with one attached hydrogen (secondary N) is 1. The Hall–Kier alpha value is -1.28. The van der Waals surface area contributed by atoms with E-state index in [2.05, 4.69) is 43.5 Å². The van der Waals surface area contributed by atoms with Gasteiger partial charge in [0.1, 0.15) is 13.2 Å². The lowest BCUT2D eigenvalue weighted by Gasteiger charge is -2.25. The normalized spacial score (nSPS) is 14.8. The molecular weight excluding hydrogens is 671 g/mol. The zero-order chi connectivity index (χ0) is 38.6. The first-order valence-electron chi connectivity index (χ1n) is 21.4. The predicted octanol–water partition coefficient (Wildman–Crippen LogP) is 11.5. The minimum Gasteiger partial charge on any atom is -0.387 e. The minimum absolute atomic E-state index is 0.0543. The molecule has 0 heterocycles. The number of aliphatic hydroxyl groups is 1. The molecule has 0 aromatic heterocycles. The molecule has 9 heteroatoms. The van der Waals surface area contributed by atoms with Gasteiger partial charge in [0, 0.05) is 6.42 Å². The summed E-state index contributed by atoms with van der Waals surface area (Å²) < 4.78 is 23.5. The summed E-state index contributed by atoms with van der Waals surface area (Å²) in [5, 5.41) is 13.8. The van der Waals surface area contributed by atoms with Gasteiger partial charge in [0.15, 0.2) is 0 Å². The van der Waals surface area contributed by atoms with Crippen molar-refractivity contribution in [3.63, 3.8) is 0 Å². The molecular formula is C43H84N2O6P+. The lowest BCUT2D eigenvalue weighted by atomic mass is 10.0. The van der Waals surface area contributed by atoms with Crippen LogP contribution in [-0.4, -0.2) is 73.4 Å². The molecule has 3 unspecified atom stereocenters. The summed E-state index contributed by atoms with van der Waals surface area (Å²) in [6.07, 6.45) is 42.1. The number of rotatable bonds is 38. The lowest BCUT2D eigenvalue weighted by molar-refractivity contribution is -0.870. The third kappa shape index (κ3) is 37.1. The number of quaternary nitrogens is 1. The van der Waals surface area contributed by atoms with Crippen LogP contribution in [0.5, 0.6) is 0 Å². The number of carbonyl (C=O) groups is 1. The fourth-order valence-electron chi connectivity index (χ4n) is 5.90. The van der Waals surface area contributed by atoms with Crippen LogP contribution in [0.1, 0.15) is 181 Å². The SMILES string of the molecule is CCCCCCCCCCC/C=C/CC/C=C/CC/C=C/C(O)C(COP(=O)(O)OCC[N+](C)(C)C)NC(=O)CCCCCCCCCCCCC. The second-order valence-corrected chi connectivity index (χ2v) is 17.2. The predicted molar refractivity (Wildman–Crippen MR) is 221 cm³/mol. The van der Waals surface area contributed by atoms with Gasteiger partial charge in [0.05, 0.1) is 39.9 Å². The smallest absolute Gasteiger partial charge is 0.387 e. The molecule has 0 rings (SSSR count). The molecule has 0 aromatic rings. The van der Waals surface area contributed by atoms with Crippen LogP contribution in [0, 0.1) is 0 Å². The van der Waals surface area contributed by atoms with Crippen LogP contribution in [0.25, 0.3) is 0 Å². The second-order valence-electron chi connectivity index (χ2n) is 15.7. The molecule has 0 fully saturated rings. The number of hydrogen-bond acceptors (Lipinski definition) is 5. The van der Waals surface area contributed by atoms with E-state index in [-0.39, 0.29) is 19.1 Å². The van der Waals surface area contributed by atoms with Gasteiger partial charge in [0.25, 0.3) is 0 Å². The average Bonchev–Trinajstić information content (AvgIpc) is 3.09. The molecule has 3 atom stereocenters. The Morgan fingerprint density at radius 2 is 1.06 bits per heavy atom. The fourth-order valence-corrected chi connectivity index (χ4v) is 6.63. The van der Waals surface area contributed by atoms with E-state index in [1.54, 1.807) is 6.08 Å². The van der Waals surface area contributed by atoms with Crippen LogP contribution in [0.3, 0.4) is 0 Å². The van der Waals surface area contributed by atoms with Crippen molar-refractivity contribution in [3.05, 3.63) is 36.5 Å². The first kappa shape index (κ1) is 50.7. The number of allylic oxidation sites excluding steroid dienone is 5. The van der Waals surface area contributed by atoms with Gasteiger partial charge >= 0.3 is 7.82 Å². The summed E-state index contributed by atoms with van der Waals surface area (Å²) >= 11 is 0. The van der Waals surface area contributed by atoms with Crippen molar-refractivity contribution < 1.29 is 32.9 Å². The Bertz CT molecular complexity index is 948. The quantitative estimate of drug-likeness (QED) is 0.0251. The number of phosphoric ester groups is 1. The molecule has 0 aliphatic heterocycles. The molecule has 8 nitrogen and oxygen atoms in total. The van der Waals surface area contributed by atoms with E-state index in [1.807, 2.05) is 27.2 Å². The van der Waals surface area contributed by atoms with Gasteiger partial charge in [-0.1, -0.05) is 166 Å². The van der Waals surface area contributed by atoms with E-state index in [4.69, 9.17) is 9.05 Å². The van der Waals surface area contributed by atoms with E-state index >= 15 is 0 Å². The first-order valence-corrected chi connectivity index (χ1v) is 22.9. The molecule has 3 N–H and O–H groups in total. The van der Waals surface area contributed by atoms with Gasteiger partial charge in [-0.2, -0.15) is 0 Å². The number of nitrogens with zero attached hydrogens (tertiary/aromatic N) is 1. The molecule has 0 saturated heterocycles. The zero-order valence-corrected chi connectivity index (χ0v) is 35.4. The Balaban J connectivity index is 4.51. The van der Waals surface area contributed by atoms with Crippen molar-refractivity contribution in [1.82, 2.24) is 5.32 Å². The summed E-state index contributed by atoms with van der Waals surface area (Å²) in [6.45, 7) is 4.76. The highest BCUT2D eigenvalue weighted by Gasteiger charge is 2.27. The molecule has 0 bridgehead atoms. The van der Waals surface area contributed by atoms with Crippen molar-refractivity contribution in [2.24, 2.45) is 0 Å². The maximum atomic E-state index is 12.8. The summed E-state index contributed by atoms with van der Waals surface area (Å²) in [7, 11) is 1.55. The third-order valence-electron chi connectivity index (χ3n) is 9.34. The maximum Gasteiger partial charge on any atom is 0.472 e. The van der Waals surface area contributed by atoms with Crippen molar-refractivity contribution in [1.29, 1.82) is 0 Å². The first-order chi connectivity index (χ1) is 25.0. The third-order valence-corrected chi connectivity index (χ3v) is 10.3. The van der Waals surface area contributed by atoms with Crippen molar-refractivity contribution >= 4 is 13.7 Å². The molecule has 306 valence electrons. The number of aliphatic hydroxyl groups excluding tert-OH is 1. The summed E-state index contributed by atoms with van der Waals surface area (Å²) in [4.78, 5) is 23.0. The summed E-state index contributed by atoms with van der Waals surface area (Å²) in [5.74, 6) is -0.194. The molecule has 0 aliphatic carbocycles. The van der Waals surface area contributed by atoms with Crippen LogP contribution >= 0.6 is 7.82 Å². The van der Waals surface area contributed by atoms with E-state index in [0.717, 1.165) is 44.9 Å². The fraction of sp³-hybridized carbons (Fsp3) is 0.837. The summed E-state index contributed by atoms with van der Waals surface area (Å²) in [6, 6.07) is -0.864. The van der Waals surface area contributed by atoms with Crippen LogP contribution in [0.15, 0.2) is 36.5 Å². The number of amides is 1. The van der Waals surface area contributed by atoms with Crippen LogP contribution < -0.4 is 5.32 Å². The largest absolute Gasteiger partial charge is 0.472 e. The van der Waals surface area contributed by atoms with E-state index < -0.39 is 20.0 Å². The van der Waals surface area contributed by atoms with Crippen molar-refractivity contribution in [2.45, 2.75) is 193 Å². The van der Waals surface area contributed by atoms with Crippen molar-refractivity contribution in [2.75, 3.05) is 40.9 Å². The standard InChI is InChI=1S/C43H83N2O6P/c1-6-8-10-12-14-16-18-19-20-21-22-23-24-25-27-28-30-32-34-36-42(46)41(40-51-52(48,49)50-39-38-45(3,4)5)44-43(47)37-35-33-31-29-26-17-15-13-11-9-7-2/h22-23,27-28,34,36,41-42,46H,6-21,24-26,29-33,35,37-40H2,1-5H3,(H-,44,47,48,49)/p+1/b23-22+,28-27+,36-34+. The molecule has 52 heavy (non-hydrogen) atoms. The van der Waals surface area contributed by atoms with Gasteiger partial charge in [-0.25, -0.2) is 4.57 Å². The number of unbranched alkanes of at least 4 members (excludes halogenated alkanes) is 21. The highest BCUT2D eigenvalue weighted by Crippen LogP contribution is 2.43. The topological polar surface area (TPSA) is 105 Å². The monoisotopic (exact) mass is 756 g/mol. The van der Waals surface area contributed by atoms with Gasteiger partial charge in [-0.05, 0) is 44.9 Å². The maximum absolute atomic E-state index is 12.8. The Kier molecular flexibility index (Phi) is 34.6. The number of carbonyl (C=O) groups excluding carboxylic acids is 1. The van der Waals surface area contributed by atoms with E-state index in [0.29, 0.717) is 17.4 Å². The Morgan fingerprint density at radius 1 is 0.635 bits per heavy atom. The number of phosphoric acid groups is 1. The molecule has 0 aliphatic rings. The number of likely N-dealkylation sites (N-methyl/N-ethyl adjacent to an activating group) is 1. The highest BCUT2D eigenvalue weighted by molar-refractivity contribution is 7.47. The van der Waals surface area contributed by atoms with Gasteiger partial charge < -0.3 is 19.8 Å². The highest BCUT2D eigenvalue weighted by atomic mass is 31.2. The Labute approximate surface area is 321 Å². The van der Waals surface area contributed by atoms with Crippen molar-refractivity contribution in [3.8, 4) is 0 Å². The molecule has 0 saturated carbocycles. The van der Waals surface area contributed by atoms with E-state index in [9.17, 15) is 19.4 Å². The molecule has 1 amide bonds. The van der Waals surface area contributed by atoms with Gasteiger partial charge in [-0.3, -0.25) is 13.8 Å². The Morgan fingerprint density at radius 3 is 1.54 bits per heavy atom. The molecule has 0 aromatic carbocycles. The van der Waals surface area contributed by atoms with Crippen LogP contribution in [0.4, 0.5) is 0 Å². The minimum atomic E-state index is -4.34. The average molecular weight is 756 g/mol. The van der Waals surface area contributed by atoms with Gasteiger partial charge in [0.2, 0.25) is 5.91 Å². The summed E-state index contributed by atoms with van der Waals surface area (Å²) in [5.41, 5.74) is 0. The number of hydrogen-bond donors (Lipinski definition) is 3. The van der Waals surface area contributed by atoms with Crippen LogP contribution in [-0.2, 0) is 18.4 Å².